The average molecular weight is 463 g/mol. The molecule has 34 heavy (non-hydrogen) atoms. The summed E-state index contributed by atoms with van der Waals surface area (Å²) >= 11 is 0. The summed E-state index contributed by atoms with van der Waals surface area (Å²) in [5.41, 5.74) is 2.86. The maximum atomic E-state index is 12.8. The Labute approximate surface area is 202 Å². The van der Waals surface area contributed by atoms with Crippen LogP contribution in [0.1, 0.15) is 55.4 Å². The molecule has 0 radical (unpaired) electrons. The Kier molecular flexibility index (Phi) is 9.47. The summed E-state index contributed by atoms with van der Waals surface area (Å²) in [6.07, 6.45) is 2.78. The molecular formula is C28H34N2O4. The van der Waals surface area contributed by atoms with Crippen molar-refractivity contribution in [2.24, 2.45) is 0 Å². The Morgan fingerprint density at radius 2 is 1.50 bits per heavy atom. The van der Waals surface area contributed by atoms with E-state index >= 15 is 0 Å². The monoisotopic (exact) mass is 462 g/mol. The summed E-state index contributed by atoms with van der Waals surface area (Å²) in [5, 5.41) is 2.93. The van der Waals surface area contributed by atoms with Crippen molar-refractivity contribution >= 4 is 11.6 Å². The third-order valence-electron chi connectivity index (χ3n) is 5.14. The van der Waals surface area contributed by atoms with E-state index in [4.69, 9.17) is 14.2 Å². The first-order valence-electron chi connectivity index (χ1n) is 11.9. The number of hydrogen-bond donors (Lipinski definition) is 1. The predicted octanol–water partition coefficient (Wildman–Crippen LogP) is 6.58. The van der Waals surface area contributed by atoms with Crippen LogP contribution in [-0.2, 0) is 11.2 Å². The minimum atomic E-state index is -0.192. The summed E-state index contributed by atoms with van der Waals surface area (Å²) in [5.74, 6) is 2.03. The summed E-state index contributed by atoms with van der Waals surface area (Å²) in [4.78, 5) is 17.4. The Balaban J connectivity index is 1.56. The zero-order chi connectivity index (χ0) is 24.3. The van der Waals surface area contributed by atoms with Gasteiger partial charge in [-0.05, 0) is 87.4 Å². The van der Waals surface area contributed by atoms with Crippen LogP contribution in [0.2, 0.25) is 0 Å². The fourth-order valence-electron chi connectivity index (χ4n) is 3.40. The molecule has 0 spiro atoms. The van der Waals surface area contributed by atoms with Crippen molar-refractivity contribution < 1.29 is 19.0 Å². The van der Waals surface area contributed by atoms with E-state index in [0.29, 0.717) is 29.3 Å². The standard InChI is InChI=1S/C28H34N2O4/c1-5-17-32-20(3)19-23-9-16-27(21(4)29-23)28(31)30-22-7-10-25(11-8-22)34-26-14-12-24(13-15-26)33-18-6-2/h7-16,20H,5-6,17-19H2,1-4H3,(H,30,31). The number of pyridine rings is 1. The van der Waals surface area contributed by atoms with Crippen LogP contribution in [0.15, 0.2) is 60.7 Å². The molecule has 0 aliphatic heterocycles. The number of carbonyl (C=O) groups excluding carboxylic acids is 1. The third-order valence-corrected chi connectivity index (χ3v) is 5.14. The van der Waals surface area contributed by atoms with Gasteiger partial charge in [0.15, 0.2) is 0 Å². The van der Waals surface area contributed by atoms with Crippen molar-refractivity contribution in [2.45, 2.75) is 53.1 Å². The molecule has 0 saturated carbocycles. The van der Waals surface area contributed by atoms with Gasteiger partial charge >= 0.3 is 0 Å². The van der Waals surface area contributed by atoms with E-state index in [9.17, 15) is 4.79 Å². The van der Waals surface area contributed by atoms with Gasteiger partial charge in [0.05, 0.1) is 24.0 Å². The molecule has 0 fully saturated rings. The van der Waals surface area contributed by atoms with Gasteiger partial charge in [-0.2, -0.15) is 0 Å². The summed E-state index contributed by atoms with van der Waals surface area (Å²) in [7, 11) is 0. The van der Waals surface area contributed by atoms with Crippen LogP contribution in [-0.4, -0.2) is 30.2 Å². The highest BCUT2D eigenvalue weighted by Crippen LogP contribution is 2.25. The van der Waals surface area contributed by atoms with Crippen molar-refractivity contribution in [3.8, 4) is 17.2 Å². The van der Waals surface area contributed by atoms with Gasteiger partial charge in [0.1, 0.15) is 17.2 Å². The Morgan fingerprint density at radius 3 is 2.12 bits per heavy atom. The number of anilines is 1. The van der Waals surface area contributed by atoms with Gasteiger partial charge in [0.2, 0.25) is 0 Å². The lowest BCUT2D eigenvalue weighted by molar-refractivity contribution is 0.0663. The number of carbonyl (C=O) groups is 1. The topological polar surface area (TPSA) is 69.7 Å². The number of aryl methyl sites for hydroxylation is 1. The number of benzene rings is 2. The SMILES string of the molecule is CCCOc1ccc(Oc2ccc(NC(=O)c3ccc(CC(C)OCCC)nc3C)cc2)cc1. The van der Waals surface area contributed by atoms with Gasteiger partial charge in [0.25, 0.3) is 5.91 Å². The lowest BCUT2D eigenvalue weighted by atomic mass is 10.1. The van der Waals surface area contributed by atoms with Crippen LogP contribution in [0.25, 0.3) is 0 Å². The Hall–Kier alpha value is -3.38. The minimum absolute atomic E-state index is 0.0968. The smallest absolute Gasteiger partial charge is 0.257 e. The Bertz CT molecular complexity index is 1050. The van der Waals surface area contributed by atoms with E-state index in [-0.39, 0.29) is 12.0 Å². The van der Waals surface area contributed by atoms with Crippen molar-refractivity contribution in [3.05, 3.63) is 77.6 Å². The molecule has 2 aromatic carbocycles. The molecule has 0 aliphatic carbocycles. The number of hydrogen-bond acceptors (Lipinski definition) is 5. The molecule has 1 aromatic heterocycles. The first-order valence-corrected chi connectivity index (χ1v) is 11.9. The van der Waals surface area contributed by atoms with Crippen molar-refractivity contribution in [3.63, 3.8) is 0 Å². The van der Waals surface area contributed by atoms with Crippen LogP contribution >= 0.6 is 0 Å². The highest BCUT2D eigenvalue weighted by Gasteiger charge is 2.13. The Morgan fingerprint density at radius 1 is 0.882 bits per heavy atom. The second kappa shape index (κ2) is 12.8. The average Bonchev–Trinajstić information content (AvgIpc) is 2.83. The minimum Gasteiger partial charge on any atom is -0.494 e. The summed E-state index contributed by atoms with van der Waals surface area (Å²) in [6, 6.07) is 18.5. The largest absolute Gasteiger partial charge is 0.494 e. The second-order valence-corrected chi connectivity index (χ2v) is 8.22. The molecule has 3 rings (SSSR count). The molecule has 1 heterocycles. The van der Waals surface area contributed by atoms with Gasteiger partial charge in [-0.15, -0.1) is 0 Å². The van der Waals surface area contributed by atoms with E-state index in [0.717, 1.165) is 43.1 Å². The van der Waals surface area contributed by atoms with Crippen LogP contribution in [0.3, 0.4) is 0 Å². The van der Waals surface area contributed by atoms with Gasteiger partial charge in [-0.3, -0.25) is 9.78 Å². The number of nitrogens with one attached hydrogen (secondary N) is 1. The molecule has 1 unspecified atom stereocenters. The van der Waals surface area contributed by atoms with E-state index in [1.54, 1.807) is 0 Å². The van der Waals surface area contributed by atoms with Crippen LogP contribution in [0, 0.1) is 6.92 Å². The van der Waals surface area contributed by atoms with Crippen LogP contribution in [0.5, 0.6) is 17.2 Å². The van der Waals surface area contributed by atoms with E-state index in [2.05, 4.69) is 24.1 Å². The number of nitrogens with zero attached hydrogens (tertiary/aromatic N) is 1. The number of rotatable bonds is 12. The fraction of sp³-hybridized carbons (Fsp3) is 0.357. The van der Waals surface area contributed by atoms with E-state index in [1.165, 1.54) is 0 Å². The highest BCUT2D eigenvalue weighted by molar-refractivity contribution is 6.05. The number of aromatic nitrogens is 1. The lowest BCUT2D eigenvalue weighted by Gasteiger charge is -2.13. The summed E-state index contributed by atoms with van der Waals surface area (Å²) < 4.78 is 17.2. The normalized spacial score (nSPS) is 11.6. The number of amides is 1. The molecular weight excluding hydrogens is 428 g/mol. The third kappa shape index (κ3) is 7.59. The zero-order valence-corrected chi connectivity index (χ0v) is 20.5. The van der Waals surface area contributed by atoms with E-state index in [1.807, 2.05) is 74.5 Å². The zero-order valence-electron chi connectivity index (χ0n) is 20.5. The van der Waals surface area contributed by atoms with Gasteiger partial charge in [-0.1, -0.05) is 13.8 Å². The molecule has 6 nitrogen and oxygen atoms in total. The van der Waals surface area contributed by atoms with Crippen molar-refractivity contribution in [2.75, 3.05) is 18.5 Å². The summed E-state index contributed by atoms with van der Waals surface area (Å²) in [6.45, 7) is 9.49. The van der Waals surface area contributed by atoms with Crippen molar-refractivity contribution in [1.29, 1.82) is 0 Å². The molecule has 1 amide bonds. The van der Waals surface area contributed by atoms with Gasteiger partial charge in [-0.25, -0.2) is 0 Å². The molecule has 3 aromatic rings. The fourth-order valence-corrected chi connectivity index (χ4v) is 3.40. The molecule has 1 atom stereocenters. The second-order valence-electron chi connectivity index (χ2n) is 8.22. The predicted molar refractivity (Wildman–Crippen MR) is 135 cm³/mol. The van der Waals surface area contributed by atoms with Gasteiger partial charge in [0, 0.05) is 24.4 Å². The molecule has 0 aliphatic rings. The molecule has 180 valence electrons. The molecule has 0 saturated heterocycles. The number of ether oxygens (including phenoxy) is 3. The maximum absolute atomic E-state index is 12.8. The van der Waals surface area contributed by atoms with Crippen LogP contribution < -0.4 is 14.8 Å². The quantitative estimate of drug-likeness (QED) is 0.329. The first-order chi connectivity index (χ1) is 16.5. The van der Waals surface area contributed by atoms with Crippen LogP contribution in [0.4, 0.5) is 5.69 Å². The molecule has 0 bridgehead atoms. The highest BCUT2D eigenvalue weighted by atomic mass is 16.5. The van der Waals surface area contributed by atoms with Crippen molar-refractivity contribution in [1.82, 2.24) is 4.98 Å². The first kappa shape index (κ1) is 25.2. The molecule has 6 heteroatoms. The van der Waals surface area contributed by atoms with Gasteiger partial charge < -0.3 is 19.5 Å². The maximum Gasteiger partial charge on any atom is 0.257 e. The lowest BCUT2D eigenvalue weighted by Crippen LogP contribution is -2.16. The van der Waals surface area contributed by atoms with E-state index < -0.39 is 0 Å². The molecule has 1 N–H and O–H groups in total.